The summed E-state index contributed by atoms with van der Waals surface area (Å²) in [5, 5.41) is 15.5. The predicted octanol–water partition coefficient (Wildman–Crippen LogP) is 1.73. The van der Waals surface area contributed by atoms with E-state index in [1.165, 1.54) is 0 Å². The van der Waals surface area contributed by atoms with Crippen LogP contribution in [0.15, 0.2) is 48.7 Å². The minimum Gasteiger partial charge on any atom is -0.486 e. The maximum Gasteiger partial charge on any atom is 0.253 e. The molecule has 0 spiro atoms. The first-order chi connectivity index (χ1) is 16.1. The summed E-state index contributed by atoms with van der Waals surface area (Å²) in [4.78, 5) is 14.7. The summed E-state index contributed by atoms with van der Waals surface area (Å²) in [7, 11) is 0. The standard InChI is InChI=1S/C26H27N3O4/c1-18-22(14-20-2-7-24-25(15-20)33-13-12-32-24)16-27-29(18)23-5-3-21(4-6-23)26(31)28-10-8-19(17-30)9-11-28/h2-7,14-16,19,30H,1,8-13,17H2/b22-14-. The zero-order valence-corrected chi connectivity index (χ0v) is 18.4. The Balaban J connectivity index is 1.34. The molecular formula is C26H27N3O4. The molecular weight excluding hydrogens is 418 g/mol. The van der Waals surface area contributed by atoms with Crippen LogP contribution in [0.25, 0.3) is 18.3 Å². The Morgan fingerprint density at radius 1 is 1.09 bits per heavy atom. The second-order valence-corrected chi connectivity index (χ2v) is 8.47. The number of carbonyl (C=O) groups excluding carboxylic acids is 1. The normalized spacial score (nSPS) is 16.8. The van der Waals surface area contributed by atoms with Crippen molar-refractivity contribution >= 4 is 18.6 Å². The van der Waals surface area contributed by atoms with Crippen molar-refractivity contribution < 1.29 is 19.4 Å². The molecule has 0 radical (unpaired) electrons. The van der Waals surface area contributed by atoms with Crippen molar-refractivity contribution in [2.24, 2.45) is 5.92 Å². The summed E-state index contributed by atoms with van der Waals surface area (Å²) in [5.74, 6) is 1.84. The maximum absolute atomic E-state index is 12.8. The lowest BCUT2D eigenvalue weighted by Crippen LogP contribution is -2.39. The highest BCUT2D eigenvalue weighted by Gasteiger charge is 2.23. The average molecular weight is 446 g/mol. The van der Waals surface area contributed by atoms with Crippen molar-refractivity contribution in [1.29, 1.82) is 0 Å². The molecule has 1 fully saturated rings. The number of aliphatic hydroxyl groups excluding tert-OH is 1. The van der Waals surface area contributed by atoms with E-state index in [0.717, 1.165) is 46.2 Å². The number of hydrogen-bond donors (Lipinski definition) is 1. The fraction of sp³-hybridized carbons (Fsp3) is 0.308. The number of piperidine rings is 1. The highest BCUT2D eigenvalue weighted by Crippen LogP contribution is 2.30. The Bertz CT molecular complexity index is 1260. The van der Waals surface area contributed by atoms with Crippen LogP contribution in [-0.4, -0.2) is 58.6 Å². The number of aliphatic hydroxyl groups is 1. The lowest BCUT2D eigenvalue weighted by atomic mass is 9.97. The molecule has 5 rings (SSSR count). The first kappa shape index (κ1) is 21.3. The van der Waals surface area contributed by atoms with Gasteiger partial charge < -0.3 is 19.5 Å². The van der Waals surface area contributed by atoms with Crippen LogP contribution in [0.3, 0.4) is 0 Å². The van der Waals surface area contributed by atoms with E-state index in [1.54, 1.807) is 10.9 Å². The third-order valence-corrected chi connectivity index (χ3v) is 6.31. The molecule has 2 aliphatic heterocycles. The second kappa shape index (κ2) is 9.11. The molecule has 33 heavy (non-hydrogen) atoms. The number of amides is 1. The maximum atomic E-state index is 12.8. The smallest absolute Gasteiger partial charge is 0.253 e. The Labute approximate surface area is 192 Å². The highest BCUT2D eigenvalue weighted by molar-refractivity contribution is 5.94. The van der Waals surface area contributed by atoms with Crippen LogP contribution in [0.5, 0.6) is 11.5 Å². The summed E-state index contributed by atoms with van der Waals surface area (Å²) >= 11 is 0. The van der Waals surface area contributed by atoms with Crippen molar-refractivity contribution in [1.82, 2.24) is 14.7 Å². The second-order valence-electron chi connectivity index (χ2n) is 8.47. The molecule has 1 amide bonds. The molecule has 0 bridgehead atoms. The first-order valence-electron chi connectivity index (χ1n) is 11.3. The van der Waals surface area contributed by atoms with Crippen molar-refractivity contribution in [2.45, 2.75) is 12.8 Å². The highest BCUT2D eigenvalue weighted by atomic mass is 16.6. The number of likely N-dealkylation sites (tertiary alicyclic amines) is 1. The first-order valence-corrected chi connectivity index (χ1v) is 11.3. The summed E-state index contributed by atoms with van der Waals surface area (Å²) in [6.45, 7) is 6.89. The SMILES string of the molecule is C=c1/c(=C\c2ccc3c(c2)OCCO3)cnn1-c1ccc(C(=O)N2CCC(CO)CC2)cc1. The van der Waals surface area contributed by atoms with E-state index in [1.807, 2.05) is 53.4 Å². The van der Waals surface area contributed by atoms with Gasteiger partial charge in [-0.1, -0.05) is 12.6 Å². The molecule has 1 aromatic heterocycles. The fourth-order valence-electron chi connectivity index (χ4n) is 4.31. The summed E-state index contributed by atoms with van der Waals surface area (Å²) in [6, 6.07) is 13.3. The van der Waals surface area contributed by atoms with Gasteiger partial charge in [0.25, 0.3) is 5.91 Å². The van der Waals surface area contributed by atoms with Gasteiger partial charge in [-0.3, -0.25) is 4.79 Å². The molecule has 3 aromatic rings. The monoisotopic (exact) mass is 445 g/mol. The molecule has 1 N–H and O–H groups in total. The van der Waals surface area contributed by atoms with Crippen LogP contribution in [0.2, 0.25) is 0 Å². The van der Waals surface area contributed by atoms with Gasteiger partial charge in [0.2, 0.25) is 0 Å². The third-order valence-electron chi connectivity index (χ3n) is 6.31. The Kier molecular flexibility index (Phi) is 5.88. The van der Waals surface area contributed by atoms with Gasteiger partial charge in [-0.05, 0) is 66.8 Å². The van der Waals surface area contributed by atoms with Gasteiger partial charge in [0.05, 0.1) is 17.2 Å². The van der Waals surface area contributed by atoms with E-state index in [0.29, 0.717) is 37.8 Å². The fourth-order valence-corrected chi connectivity index (χ4v) is 4.31. The molecule has 2 aliphatic rings. The van der Waals surface area contributed by atoms with Gasteiger partial charge in [-0.15, -0.1) is 0 Å². The average Bonchev–Trinajstić information content (AvgIpc) is 3.23. The summed E-state index contributed by atoms with van der Waals surface area (Å²) in [6.07, 6.45) is 5.49. The number of benzene rings is 2. The lowest BCUT2D eigenvalue weighted by molar-refractivity contribution is 0.0651. The number of ether oxygens (including phenoxy) is 2. The van der Waals surface area contributed by atoms with E-state index >= 15 is 0 Å². The molecule has 0 atom stereocenters. The number of hydrogen-bond acceptors (Lipinski definition) is 5. The van der Waals surface area contributed by atoms with Crippen LogP contribution in [0, 0.1) is 5.92 Å². The zero-order chi connectivity index (χ0) is 22.8. The molecule has 2 aromatic carbocycles. The number of fused-ring (bicyclic) bond motifs is 1. The number of carbonyl (C=O) groups is 1. The Morgan fingerprint density at radius 2 is 1.82 bits per heavy atom. The van der Waals surface area contributed by atoms with Crippen LogP contribution in [0.4, 0.5) is 0 Å². The van der Waals surface area contributed by atoms with Gasteiger partial charge in [0.15, 0.2) is 11.5 Å². The molecule has 7 heteroatoms. The van der Waals surface area contributed by atoms with Crippen molar-refractivity contribution in [2.75, 3.05) is 32.9 Å². The van der Waals surface area contributed by atoms with Crippen molar-refractivity contribution in [3.8, 4) is 17.2 Å². The molecule has 3 heterocycles. The molecule has 170 valence electrons. The van der Waals surface area contributed by atoms with Crippen molar-refractivity contribution in [3.63, 3.8) is 0 Å². The molecule has 0 saturated carbocycles. The third kappa shape index (κ3) is 4.36. The van der Waals surface area contributed by atoms with E-state index in [2.05, 4.69) is 11.7 Å². The minimum absolute atomic E-state index is 0.0286. The van der Waals surface area contributed by atoms with E-state index in [9.17, 15) is 9.90 Å². The van der Waals surface area contributed by atoms with Gasteiger partial charge in [0.1, 0.15) is 13.2 Å². The Morgan fingerprint density at radius 3 is 2.55 bits per heavy atom. The topological polar surface area (TPSA) is 76.8 Å². The molecule has 0 unspecified atom stereocenters. The molecule has 7 nitrogen and oxygen atoms in total. The lowest BCUT2D eigenvalue weighted by Gasteiger charge is -2.31. The molecule has 1 saturated heterocycles. The van der Waals surface area contributed by atoms with Crippen molar-refractivity contribution in [3.05, 3.63) is 70.4 Å². The van der Waals surface area contributed by atoms with Gasteiger partial charge in [0, 0.05) is 30.5 Å². The summed E-state index contributed by atoms with van der Waals surface area (Å²) < 4.78 is 13.0. The van der Waals surface area contributed by atoms with Crippen LogP contribution in [0.1, 0.15) is 28.8 Å². The number of aromatic nitrogens is 2. The van der Waals surface area contributed by atoms with E-state index in [4.69, 9.17) is 9.47 Å². The van der Waals surface area contributed by atoms with Gasteiger partial charge >= 0.3 is 0 Å². The predicted molar refractivity (Wildman–Crippen MR) is 125 cm³/mol. The minimum atomic E-state index is 0.0286. The van der Waals surface area contributed by atoms with E-state index in [-0.39, 0.29) is 12.5 Å². The van der Waals surface area contributed by atoms with Crippen LogP contribution >= 0.6 is 0 Å². The number of nitrogens with zero attached hydrogens (tertiary/aromatic N) is 3. The zero-order valence-electron chi connectivity index (χ0n) is 18.4. The largest absolute Gasteiger partial charge is 0.486 e. The quantitative estimate of drug-likeness (QED) is 0.662. The number of rotatable bonds is 4. The van der Waals surface area contributed by atoms with Crippen LogP contribution in [-0.2, 0) is 0 Å². The van der Waals surface area contributed by atoms with Gasteiger partial charge in [-0.25, -0.2) is 4.68 Å². The van der Waals surface area contributed by atoms with Crippen LogP contribution < -0.4 is 20.0 Å². The van der Waals surface area contributed by atoms with Gasteiger partial charge in [-0.2, -0.15) is 5.10 Å². The van der Waals surface area contributed by atoms with E-state index < -0.39 is 0 Å². The summed E-state index contributed by atoms with van der Waals surface area (Å²) in [5.41, 5.74) is 2.48. The molecule has 0 aliphatic carbocycles. The Hall–Kier alpha value is -3.58.